The van der Waals surface area contributed by atoms with Gasteiger partial charge < -0.3 is 0 Å². The van der Waals surface area contributed by atoms with Gasteiger partial charge in [-0.3, -0.25) is 9.59 Å². The summed E-state index contributed by atoms with van der Waals surface area (Å²) in [6, 6.07) is 0. The van der Waals surface area contributed by atoms with Crippen LogP contribution in [0.15, 0.2) is 12.2 Å². The number of allylic oxidation sites excluding steroid dienone is 2. The summed E-state index contributed by atoms with van der Waals surface area (Å²) in [6.45, 7) is 0. The Balaban J connectivity index is 4.20. The molecule has 0 aromatic rings. The lowest BCUT2D eigenvalue weighted by atomic mass is 10.2. The molecule has 0 heterocycles. The van der Waals surface area contributed by atoms with E-state index in [-0.39, 0.29) is 12.2 Å². The fraction of sp³-hybridized carbons (Fsp3) is 0.500. The van der Waals surface area contributed by atoms with Crippen LogP contribution in [-0.4, -0.2) is 23.9 Å². The number of hydrogen-bond acceptors (Lipinski definition) is 2. The molecule has 0 radical (unpaired) electrons. The average molecular weight is 248 g/mol. The van der Waals surface area contributed by atoms with Crippen molar-refractivity contribution in [3.8, 4) is 0 Å². The maximum Gasteiger partial charge on any atom is 0.396 e. The van der Waals surface area contributed by atoms with Gasteiger partial charge in [-0.05, 0) is 12.2 Å². The van der Waals surface area contributed by atoms with E-state index in [1.54, 1.807) is 0 Å². The van der Waals surface area contributed by atoms with E-state index in [0.717, 1.165) is 0 Å². The van der Waals surface area contributed by atoms with E-state index in [2.05, 4.69) is 0 Å². The minimum absolute atomic E-state index is 0.196. The fourth-order valence-electron chi connectivity index (χ4n) is 0.699. The summed E-state index contributed by atoms with van der Waals surface area (Å²) >= 11 is 0. The molecule has 0 unspecified atom stereocenters. The van der Waals surface area contributed by atoms with Crippen LogP contribution in [0, 0.1) is 0 Å². The minimum atomic E-state index is -4.74. The van der Waals surface area contributed by atoms with Crippen molar-refractivity contribution in [2.24, 2.45) is 0 Å². The molecule has 2 nitrogen and oxygen atoms in total. The maximum atomic E-state index is 11.6. The Labute approximate surface area is 85.9 Å². The number of halogens is 6. The highest BCUT2D eigenvalue weighted by Crippen LogP contribution is 2.21. The molecule has 0 N–H and O–H groups in total. The van der Waals surface area contributed by atoms with Crippen LogP contribution in [-0.2, 0) is 9.59 Å². The number of ketones is 2. The fourth-order valence-corrected chi connectivity index (χ4v) is 0.699. The summed E-state index contributed by atoms with van der Waals surface area (Å²) < 4.78 is 69.5. The van der Waals surface area contributed by atoms with Crippen LogP contribution in [0.2, 0.25) is 0 Å². The monoisotopic (exact) mass is 248 g/mol. The van der Waals surface area contributed by atoms with Crippen molar-refractivity contribution in [2.45, 2.75) is 25.2 Å². The molecule has 0 aliphatic carbocycles. The number of rotatable bonds is 4. The zero-order valence-electron chi connectivity index (χ0n) is 7.65. The van der Waals surface area contributed by atoms with Gasteiger partial charge in [0.1, 0.15) is 12.8 Å². The predicted molar refractivity (Wildman–Crippen MR) is 40.5 cm³/mol. The van der Waals surface area contributed by atoms with E-state index >= 15 is 0 Å². The standard InChI is InChI=1S/C8H6F6O2/c9-7(10,11)3-5(15)1-2-6(16)4-8(12,13)14/h1-2H,3-4H2. The number of alkyl halides is 6. The second-order valence-electron chi connectivity index (χ2n) is 2.85. The topological polar surface area (TPSA) is 34.1 Å². The molecule has 8 heteroatoms. The molecule has 0 saturated heterocycles. The van der Waals surface area contributed by atoms with Gasteiger partial charge in [-0.1, -0.05) is 0 Å². The zero-order chi connectivity index (χ0) is 13.0. The Morgan fingerprint density at radius 3 is 1.19 bits per heavy atom. The van der Waals surface area contributed by atoms with Gasteiger partial charge in [0, 0.05) is 0 Å². The lowest BCUT2D eigenvalue weighted by Crippen LogP contribution is -2.15. The first kappa shape index (κ1) is 14.7. The summed E-state index contributed by atoms with van der Waals surface area (Å²) in [5.41, 5.74) is 0. The van der Waals surface area contributed by atoms with Crippen LogP contribution in [0.3, 0.4) is 0 Å². The van der Waals surface area contributed by atoms with Crippen molar-refractivity contribution in [3.05, 3.63) is 12.2 Å². The smallest absolute Gasteiger partial charge is 0.294 e. The average Bonchev–Trinajstić information content (AvgIpc) is 1.94. The molecule has 0 fully saturated rings. The second kappa shape index (κ2) is 5.13. The van der Waals surface area contributed by atoms with Crippen LogP contribution in [0.1, 0.15) is 12.8 Å². The molecule has 0 aromatic carbocycles. The van der Waals surface area contributed by atoms with Crippen LogP contribution in [0.25, 0.3) is 0 Å². The lowest BCUT2D eigenvalue weighted by molar-refractivity contribution is -0.151. The van der Waals surface area contributed by atoms with Gasteiger partial charge in [-0.15, -0.1) is 0 Å². The third kappa shape index (κ3) is 9.22. The Bertz CT molecular complexity index is 269. The Morgan fingerprint density at radius 1 is 0.750 bits per heavy atom. The second-order valence-corrected chi connectivity index (χ2v) is 2.85. The summed E-state index contributed by atoms with van der Waals surface area (Å²) in [4.78, 5) is 21.0. The van der Waals surface area contributed by atoms with Crippen LogP contribution < -0.4 is 0 Å². The van der Waals surface area contributed by atoms with Gasteiger partial charge in [0.2, 0.25) is 0 Å². The Morgan fingerprint density at radius 2 is 1.00 bits per heavy atom. The first-order chi connectivity index (χ1) is 6.99. The van der Waals surface area contributed by atoms with Gasteiger partial charge in [-0.25, -0.2) is 0 Å². The zero-order valence-corrected chi connectivity index (χ0v) is 7.65. The highest BCUT2D eigenvalue weighted by molar-refractivity contribution is 5.99. The molecule has 0 bridgehead atoms. The van der Waals surface area contributed by atoms with Gasteiger partial charge in [0.05, 0.1) is 0 Å². The quantitative estimate of drug-likeness (QED) is 0.566. The van der Waals surface area contributed by atoms with Crippen molar-refractivity contribution in [2.75, 3.05) is 0 Å². The Kier molecular flexibility index (Phi) is 4.70. The minimum Gasteiger partial charge on any atom is -0.294 e. The normalized spacial score (nSPS) is 13.1. The Hall–Kier alpha value is -1.34. The molecular weight excluding hydrogens is 242 g/mol. The van der Waals surface area contributed by atoms with E-state index in [1.807, 2.05) is 0 Å². The van der Waals surface area contributed by atoms with E-state index in [1.165, 1.54) is 0 Å². The molecule has 0 aromatic heterocycles. The van der Waals surface area contributed by atoms with Crippen molar-refractivity contribution in [1.82, 2.24) is 0 Å². The molecule has 0 aliphatic heterocycles. The summed E-state index contributed by atoms with van der Waals surface area (Å²) in [5.74, 6) is -2.94. The molecular formula is C8H6F6O2. The largest absolute Gasteiger partial charge is 0.396 e. The molecule has 0 rings (SSSR count). The third-order valence-corrected chi connectivity index (χ3v) is 1.20. The third-order valence-electron chi connectivity index (χ3n) is 1.20. The number of hydrogen-bond donors (Lipinski definition) is 0. The highest BCUT2D eigenvalue weighted by Gasteiger charge is 2.31. The maximum absolute atomic E-state index is 11.6. The predicted octanol–water partition coefficient (Wildman–Crippen LogP) is 2.59. The van der Waals surface area contributed by atoms with Crippen molar-refractivity contribution < 1.29 is 35.9 Å². The molecule has 0 aliphatic rings. The molecule has 0 spiro atoms. The summed E-state index contributed by atoms with van der Waals surface area (Å²) in [6.07, 6.45) is -12.7. The van der Waals surface area contributed by atoms with Crippen molar-refractivity contribution >= 4 is 11.6 Å². The molecule has 0 amide bonds. The van der Waals surface area contributed by atoms with Gasteiger partial charge in [-0.2, -0.15) is 26.3 Å². The van der Waals surface area contributed by atoms with Crippen molar-refractivity contribution in [3.63, 3.8) is 0 Å². The summed E-state index contributed by atoms with van der Waals surface area (Å²) in [7, 11) is 0. The number of carbonyl (C=O) groups excluding carboxylic acids is 2. The van der Waals surface area contributed by atoms with Crippen molar-refractivity contribution in [1.29, 1.82) is 0 Å². The van der Waals surface area contributed by atoms with Crippen LogP contribution >= 0.6 is 0 Å². The lowest BCUT2D eigenvalue weighted by Gasteiger charge is -2.02. The number of carbonyl (C=O) groups is 2. The van der Waals surface area contributed by atoms with Gasteiger partial charge >= 0.3 is 12.4 Å². The van der Waals surface area contributed by atoms with E-state index < -0.39 is 36.8 Å². The SMILES string of the molecule is O=C(C=CC(=O)CC(F)(F)F)CC(F)(F)F. The molecule has 0 saturated carbocycles. The molecule has 92 valence electrons. The van der Waals surface area contributed by atoms with Gasteiger partial charge in [0.25, 0.3) is 0 Å². The molecule has 0 atom stereocenters. The van der Waals surface area contributed by atoms with E-state index in [0.29, 0.717) is 0 Å². The van der Waals surface area contributed by atoms with E-state index in [9.17, 15) is 35.9 Å². The van der Waals surface area contributed by atoms with Crippen LogP contribution in [0.5, 0.6) is 0 Å². The highest BCUT2D eigenvalue weighted by atomic mass is 19.4. The van der Waals surface area contributed by atoms with Crippen LogP contribution in [0.4, 0.5) is 26.3 Å². The van der Waals surface area contributed by atoms with Gasteiger partial charge in [0.15, 0.2) is 11.6 Å². The first-order valence-electron chi connectivity index (χ1n) is 3.87. The van der Waals surface area contributed by atoms with E-state index in [4.69, 9.17) is 0 Å². The first-order valence-corrected chi connectivity index (χ1v) is 3.87. The summed E-state index contributed by atoms with van der Waals surface area (Å²) in [5, 5.41) is 0. The molecule has 16 heavy (non-hydrogen) atoms.